The van der Waals surface area contributed by atoms with Crippen molar-refractivity contribution >= 4 is 28.9 Å². The number of rotatable bonds is 3. The normalized spacial score (nSPS) is 14.0. The van der Waals surface area contributed by atoms with Crippen molar-refractivity contribution in [3.63, 3.8) is 0 Å². The number of anilines is 1. The van der Waals surface area contributed by atoms with Gasteiger partial charge in [-0.2, -0.15) is 13.2 Å². The van der Waals surface area contributed by atoms with Gasteiger partial charge in [0.2, 0.25) is 0 Å². The first-order valence-corrected chi connectivity index (χ1v) is 6.86. The van der Waals surface area contributed by atoms with E-state index < -0.39 is 18.1 Å². The molecule has 1 aromatic heterocycles. The molecule has 1 aromatic rings. The number of fused-ring (bicyclic) bond motifs is 1. The van der Waals surface area contributed by atoms with E-state index in [2.05, 4.69) is 0 Å². The number of thiophene rings is 1. The molecule has 1 N–H and O–H groups in total. The number of nitrogens with one attached hydrogen (secondary N) is 1. The summed E-state index contributed by atoms with van der Waals surface area (Å²) in [7, 11) is 0. The molecule has 0 atom stereocenters. The quantitative estimate of drug-likeness (QED) is 0.874. The molecule has 0 saturated carbocycles. The van der Waals surface area contributed by atoms with Gasteiger partial charge >= 0.3 is 18.1 Å². The van der Waals surface area contributed by atoms with Crippen molar-refractivity contribution in [1.29, 1.82) is 0 Å². The molecule has 20 heavy (non-hydrogen) atoms. The smallest absolute Gasteiger partial charge is 0.462 e. The lowest BCUT2D eigenvalue weighted by molar-refractivity contribution is -0.167. The Hall–Kier alpha value is -1.57. The molecular formula is C12H12F3NO3S. The van der Waals surface area contributed by atoms with Crippen LogP contribution in [0.2, 0.25) is 0 Å². The second-order valence-electron chi connectivity index (χ2n) is 4.23. The van der Waals surface area contributed by atoms with Crippen molar-refractivity contribution in [1.82, 2.24) is 0 Å². The van der Waals surface area contributed by atoms with Gasteiger partial charge in [-0.1, -0.05) is 0 Å². The summed E-state index contributed by atoms with van der Waals surface area (Å²) in [5.41, 5.74) is 0.582. The summed E-state index contributed by atoms with van der Waals surface area (Å²) in [6, 6.07) is 0. The van der Waals surface area contributed by atoms with Gasteiger partial charge in [0.15, 0.2) is 0 Å². The zero-order valence-electron chi connectivity index (χ0n) is 10.6. The predicted molar refractivity (Wildman–Crippen MR) is 67.0 cm³/mol. The van der Waals surface area contributed by atoms with E-state index in [0.29, 0.717) is 18.4 Å². The highest BCUT2D eigenvalue weighted by molar-refractivity contribution is 7.14. The van der Waals surface area contributed by atoms with Gasteiger partial charge in [-0.25, -0.2) is 4.79 Å². The first kappa shape index (κ1) is 14.8. The van der Waals surface area contributed by atoms with Gasteiger partial charge in [0, 0.05) is 4.88 Å². The summed E-state index contributed by atoms with van der Waals surface area (Å²) in [4.78, 5) is 23.7. The zero-order valence-corrected chi connectivity index (χ0v) is 11.4. The van der Waals surface area contributed by atoms with Crippen LogP contribution < -0.4 is 5.32 Å². The van der Waals surface area contributed by atoms with Gasteiger partial charge < -0.3 is 10.1 Å². The maximum atomic E-state index is 12.3. The fourth-order valence-corrected chi connectivity index (χ4v) is 3.30. The van der Waals surface area contributed by atoms with Gasteiger partial charge in [-0.15, -0.1) is 11.3 Å². The topological polar surface area (TPSA) is 55.4 Å². The Balaban J connectivity index is 2.35. The number of alkyl halides is 3. The van der Waals surface area contributed by atoms with E-state index in [-0.39, 0.29) is 17.2 Å². The molecule has 2 rings (SSSR count). The first-order chi connectivity index (χ1) is 9.34. The van der Waals surface area contributed by atoms with Crippen LogP contribution in [0.1, 0.15) is 33.5 Å². The van der Waals surface area contributed by atoms with Crippen LogP contribution in [0.4, 0.5) is 18.9 Å². The summed E-state index contributed by atoms with van der Waals surface area (Å²) < 4.78 is 41.9. The summed E-state index contributed by atoms with van der Waals surface area (Å²) in [6.07, 6.45) is -2.93. The van der Waals surface area contributed by atoms with E-state index in [1.807, 2.05) is 5.32 Å². The Morgan fingerprint density at radius 3 is 2.65 bits per heavy atom. The van der Waals surface area contributed by atoms with Crippen LogP contribution in [0.25, 0.3) is 0 Å². The van der Waals surface area contributed by atoms with Crippen LogP contribution in [0, 0.1) is 0 Å². The number of carbonyl (C=O) groups is 2. The van der Waals surface area contributed by atoms with Gasteiger partial charge in [0.1, 0.15) is 4.88 Å². The second-order valence-corrected chi connectivity index (χ2v) is 5.34. The highest BCUT2D eigenvalue weighted by Gasteiger charge is 2.40. The summed E-state index contributed by atoms with van der Waals surface area (Å²) in [5.74, 6) is -2.78. The van der Waals surface area contributed by atoms with E-state index in [9.17, 15) is 22.8 Å². The number of hydrogen-bond acceptors (Lipinski definition) is 4. The molecule has 1 heterocycles. The molecule has 1 aliphatic rings. The lowest BCUT2D eigenvalue weighted by atomic mass is 10.2. The van der Waals surface area contributed by atoms with Crippen molar-refractivity contribution < 1.29 is 27.5 Å². The second kappa shape index (κ2) is 5.43. The minimum atomic E-state index is -4.99. The molecule has 1 amide bonds. The van der Waals surface area contributed by atoms with E-state index in [0.717, 1.165) is 22.6 Å². The molecule has 0 radical (unpaired) electrons. The van der Waals surface area contributed by atoms with Crippen molar-refractivity contribution in [2.45, 2.75) is 32.4 Å². The Morgan fingerprint density at radius 2 is 2.05 bits per heavy atom. The van der Waals surface area contributed by atoms with Gasteiger partial charge in [-0.3, -0.25) is 4.79 Å². The van der Waals surface area contributed by atoms with Gasteiger partial charge in [0.05, 0.1) is 12.3 Å². The number of aryl methyl sites for hydroxylation is 1. The number of halogens is 3. The molecule has 110 valence electrons. The minimum absolute atomic E-state index is 0.0362. The third-order valence-corrected chi connectivity index (χ3v) is 4.15. The van der Waals surface area contributed by atoms with Crippen molar-refractivity contribution in [3.8, 4) is 0 Å². The maximum absolute atomic E-state index is 12.3. The summed E-state index contributed by atoms with van der Waals surface area (Å²) in [5, 5.41) is 1.82. The Kier molecular flexibility index (Phi) is 4.03. The molecule has 0 aliphatic heterocycles. The van der Waals surface area contributed by atoms with Crippen LogP contribution in [0.3, 0.4) is 0 Å². The first-order valence-electron chi connectivity index (χ1n) is 6.04. The molecule has 0 fully saturated rings. The van der Waals surface area contributed by atoms with Crippen molar-refractivity contribution in [2.75, 3.05) is 11.9 Å². The SMILES string of the molecule is CCOC(=O)c1sc2c(c1NC(=O)C(F)(F)F)CCC2. The van der Waals surface area contributed by atoms with Crippen molar-refractivity contribution in [3.05, 3.63) is 15.3 Å². The highest BCUT2D eigenvalue weighted by atomic mass is 32.1. The van der Waals surface area contributed by atoms with Crippen LogP contribution in [-0.2, 0) is 22.4 Å². The Bertz CT molecular complexity index is 551. The maximum Gasteiger partial charge on any atom is 0.471 e. The lowest BCUT2D eigenvalue weighted by Gasteiger charge is -2.10. The molecular weight excluding hydrogens is 295 g/mol. The van der Waals surface area contributed by atoms with Gasteiger partial charge in [0.25, 0.3) is 0 Å². The van der Waals surface area contributed by atoms with Crippen LogP contribution in [-0.4, -0.2) is 24.7 Å². The highest BCUT2D eigenvalue weighted by Crippen LogP contribution is 2.40. The number of ether oxygens (including phenoxy) is 1. The molecule has 4 nitrogen and oxygen atoms in total. The molecule has 0 bridgehead atoms. The summed E-state index contributed by atoms with van der Waals surface area (Å²) >= 11 is 1.09. The largest absolute Gasteiger partial charge is 0.471 e. The van der Waals surface area contributed by atoms with Crippen LogP contribution in [0.5, 0.6) is 0 Å². The van der Waals surface area contributed by atoms with E-state index >= 15 is 0 Å². The lowest BCUT2D eigenvalue weighted by Crippen LogP contribution is -2.30. The van der Waals surface area contributed by atoms with Crippen molar-refractivity contribution in [2.24, 2.45) is 0 Å². The standard InChI is InChI=1S/C12H12F3NO3S/c1-2-19-10(17)9-8(16-11(18)12(13,14)15)6-4-3-5-7(6)20-9/h2-5H2,1H3,(H,16,18). The molecule has 0 aromatic carbocycles. The average molecular weight is 307 g/mol. The Labute approximate surface area is 116 Å². The number of esters is 1. The van der Waals surface area contributed by atoms with E-state index in [4.69, 9.17) is 4.74 Å². The molecule has 0 unspecified atom stereocenters. The zero-order chi connectivity index (χ0) is 14.9. The number of carbonyl (C=O) groups excluding carboxylic acids is 2. The molecule has 1 aliphatic carbocycles. The Morgan fingerprint density at radius 1 is 1.35 bits per heavy atom. The molecule has 8 heteroatoms. The molecule has 0 spiro atoms. The number of hydrogen-bond donors (Lipinski definition) is 1. The minimum Gasteiger partial charge on any atom is -0.462 e. The summed E-state index contributed by atoms with van der Waals surface area (Å²) in [6.45, 7) is 1.72. The average Bonchev–Trinajstić information content (AvgIpc) is 2.90. The fourth-order valence-electron chi connectivity index (χ4n) is 2.06. The monoisotopic (exact) mass is 307 g/mol. The fraction of sp³-hybridized carbons (Fsp3) is 0.500. The third-order valence-electron chi connectivity index (χ3n) is 2.88. The number of amides is 1. The van der Waals surface area contributed by atoms with Crippen LogP contribution >= 0.6 is 11.3 Å². The van der Waals surface area contributed by atoms with E-state index in [1.165, 1.54) is 0 Å². The predicted octanol–water partition coefficient (Wildman–Crippen LogP) is 2.91. The van der Waals surface area contributed by atoms with Crippen LogP contribution in [0.15, 0.2) is 0 Å². The molecule has 0 saturated heterocycles. The third kappa shape index (κ3) is 2.79. The van der Waals surface area contributed by atoms with Gasteiger partial charge in [-0.05, 0) is 31.7 Å². The van der Waals surface area contributed by atoms with E-state index in [1.54, 1.807) is 6.92 Å².